The van der Waals surface area contributed by atoms with Gasteiger partial charge in [0.1, 0.15) is 0 Å². The Balaban J connectivity index is 1.60. The molecule has 6 heteroatoms. The number of H-pyrrole nitrogens is 1. The van der Waals surface area contributed by atoms with Crippen molar-refractivity contribution in [2.45, 2.75) is 18.9 Å². The predicted octanol–water partition coefficient (Wildman–Crippen LogP) is -0.553. The summed E-state index contributed by atoms with van der Waals surface area (Å²) >= 11 is 0. The van der Waals surface area contributed by atoms with E-state index in [0.29, 0.717) is 19.6 Å². The van der Waals surface area contributed by atoms with E-state index in [-0.39, 0.29) is 12.0 Å². The topological polar surface area (TPSA) is 79.0 Å². The molecular formula is C11H18N4O2. The van der Waals surface area contributed by atoms with E-state index >= 15 is 0 Å². The summed E-state index contributed by atoms with van der Waals surface area (Å²) in [4.78, 5) is 18.5. The van der Waals surface area contributed by atoms with Gasteiger partial charge in [0.15, 0.2) is 0 Å². The van der Waals surface area contributed by atoms with E-state index in [4.69, 9.17) is 4.74 Å². The second kappa shape index (κ2) is 6.36. The number of morpholine rings is 1. The number of ether oxygens (including phenoxy) is 1. The van der Waals surface area contributed by atoms with Crippen LogP contribution in [0.25, 0.3) is 0 Å². The summed E-state index contributed by atoms with van der Waals surface area (Å²) in [7, 11) is 0. The van der Waals surface area contributed by atoms with Gasteiger partial charge in [-0.05, 0) is 0 Å². The fraction of sp³-hybridized carbons (Fsp3) is 0.636. The summed E-state index contributed by atoms with van der Waals surface area (Å²) < 4.78 is 5.46. The molecule has 0 bridgehead atoms. The maximum absolute atomic E-state index is 11.6. The van der Waals surface area contributed by atoms with E-state index in [9.17, 15) is 4.79 Å². The molecule has 1 aromatic heterocycles. The molecule has 1 aliphatic heterocycles. The van der Waals surface area contributed by atoms with Gasteiger partial charge in [-0.2, -0.15) is 0 Å². The third-order valence-electron chi connectivity index (χ3n) is 2.69. The fourth-order valence-electron chi connectivity index (χ4n) is 1.79. The van der Waals surface area contributed by atoms with Gasteiger partial charge in [0.25, 0.3) is 0 Å². The zero-order valence-corrected chi connectivity index (χ0v) is 9.74. The lowest BCUT2D eigenvalue weighted by Gasteiger charge is -2.22. The highest BCUT2D eigenvalue weighted by atomic mass is 16.5. The third kappa shape index (κ3) is 4.16. The van der Waals surface area contributed by atoms with Gasteiger partial charge in [-0.1, -0.05) is 0 Å². The van der Waals surface area contributed by atoms with Crippen molar-refractivity contribution in [1.82, 2.24) is 20.6 Å². The molecule has 0 spiro atoms. The first kappa shape index (κ1) is 12.1. The van der Waals surface area contributed by atoms with Crippen LogP contribution in [0.5, 0.6) is 0 Å². The maximum Gasteiger partial charge on any atom is 0.222 e. The number of aromatic nitrogens is 2. The van der Waals surface area contributed by atoms with Crippen LogP contribution in [-0.2, 0) is 16.0 Å². The molecule has 1 unspecified atom stereocenters. The molecule has 1 saturated heterocycles. The highest BCUT2D eigenvalue weighted by Crippen LogP contribution is 2.01. The van der Waals surface area contributed by atoms with E-state index in [1.807, 2.05) is 0 Å². The normalized spacial score (nSPS) is 20.1. The zero-order chi connectivity index (χ0) is 11.9. The average Bonchev–Trinajstić information content (AvgIpc) is 2.83. The third-order valence-corrected chi connectivity index (χ3v) is 2.69. The number of amides is 1. The van der Waals surface area contributed by atoms with Crippen LogP contribution in [0.15, 0.2) is 12.5 Å². The van der Waals surface area contributed by atoms with Crippen molar-refractivity contribution in [3.8, 4) is 0 Å². The summed E-state index contributed by atoms with van der Waals surface area (Å²) in [6.07, 6.45) is 4.61. The Labute approximate surface area is 100 Å². The molecular weight excluding hydrogens is 220 g/mol. The van der Waals surface area contributed by atoms with Crippen LogP contribution in [0.3, 0.4) is 0 Å². The molecule has 0 aliphatic carbocycles. The number of carbonyl (C=O) groups excluding carboxylic acids is 1. The quantitative estimate of drug-likeness (QED) is 0.643. The molecule has 0 aromatic carbocycles. The molecule has 1 atom stereocenters. The number of hydrogen-bond donors (Lipinski definition) is 3. The molecule has 2 heterocycles. The van der Waals surface area contributed by atoms with Gasteiger partial charge in [0.2, 0.25) is 5.91 Å². The highest BCUT2D eigenvalue weighted by Gasteiger charge is 2.16. The average molecular weight is 238 g/mol. The Morgan fingerprint density at radius 2 is 2.59 bits per heavy atom. The highest BCUT2D eigenvalue weighted by molar-refractivity contribution is 5.76. The molecule has 6 nitrogen and oxygen atoms in total. The van der Waals surface area contributed by atoms with Crippen molar-refractivity contribution in [2.75, 3.05) is 26.2 Å². The number of rotatable bonds is 5. The molecule has 0 saturated carbocycles. The van der Waals surface area contributed by atoms with Crippen molar-refractivity contribution in [3.63, 3.8) is 0 Å². The van der Waals surface area contributed by atoms with Crippen molar-refractivity contribution in [1.29, 1.82) is 0 Å². The number of aromatic amines is 1. The largest absolute Gasteiger partial charge is 0.375 e. The van der Waals surface area contributed by atoms with Crippen LogP contribution < -0.4 is 10.6 Å². The van der Waals surface area contributed by atoms with Gasteiger partial charge in [-0.15, -0.1) is 0 Å². The van der Waals surface area contributed by atoms with Gasteiger partial charge in [-0.3, -0.25) is 4.79 Å². The minimum Gasteiger partial charge on any atom is -0.375 e. The van der Waals surface area contributed by atoms with Crippen molar-refractivity contribution < 1.29 is 9.53 Å². The summed E-state index contributed by atoms with van der Waals surface area (Å²) in [5.41, 5.74) is 1.03. The summed E-state index contributed by atoms with van der Waals surface area (Å²) in [6.45, 7) is 2.94. The molecule has 2 rings (SSSR count). The first-order valence-electron chi connectivity index (χ1n) is 5.91. The second-order valence-corrected chi connectivity index (χ2v) is 4.08. The van der Waals surface area contributed by atoms with Crippen LogP contribution in [0.2, 0.25) is 0 Å². The summed E-state index contributed by atoms with van der Waals surface area (Å²) in [5, 5.41) is 6.07. The monoisotopic (exact) mass is 238 g/mol. The fourth-order valence-corrected chi connectivity index (χ4v) is 1.79. The van der Waals surface area contributed by atoms with Crippen LogP contribution in [0, 0.1) is 0 Å². The summed E-state index contributed by atoms with van der Waals surface area (Å²) in [5.74, 6) is 0.0400. The van der Waals surface area contributed by atoms with Crippen molar-refractivity contribution in [2.24, 2.45) is 0 Å². The SMILES string of the molecule is O=C(CC1CNCCO1)NCCc1cnc[nH]1. The molecule has 1 aliphatic rings. The number of imidazole rings is 1. The van der Waals surface area contributed by atoms with Crippen molar-refractivity contribution >= 4 is 5.91 Å². The lowest BCUT2D eigenvalue weighted by molar-refractivity contribution is -0.124. The minimum atomic E-state index is 0.0101. The predicted molar refractivity (Wildman–Crippen MR) is 62.5 cm³/mol. The number of nitrogens with zero attached hydrogens (tertiary/aromatic N) is 1. The molecule has 1 aromatic rings. The first-order valence-corrected chi connectivity index (χ1v) is 5.91. The molecule has 17 heavy (non-hydrogen) atoms. The zero-order valence-electron chi connectivity index (χ0n) is 9.74. The number of hydrogen-bond acceptors (Lipinski definition) is 4. The van der Waals surface area contributed by atoms with E-state index in [1.54, 1.807) is 12.5 Å². The standard InChI is InChI=1S/C11H18N4O2/c16-11(5-10-7-12-3-4-17-10)14-2-1-9-6-13-8-15-9/h6,8,10,12H,1-5,7H2,(H,13,15)(H,14,16). The van der Waals surface area contributed by atoms with Crippen LogP contribution in [-0.4, -0.2) is 48.2 Å². The minimum absolute atomic E-state index is 0.0101. The van der Waals surface area contributed by atoms with Crippen molar-refractivity contribution in [3.05, 3.63) is 18.2 Å². The summed E-state index contributed by atoms with van der Waals surface area (Å²) in [6, 6.07) is 0. The van der Waals surface area contributed by atoms with E-state index in [1.165, 1.54) is 0 Å². The van der Waals surface area contributed by atoms with Gasteiger partial charge in [0, 0.05) is 37.9 Å². The van der Waals surface area contributed by atoms with E-state index < -0.39 is 0 Å². The van der Waals surface area contributed by atoms with Gasteiger partial charge < -0.3 is 20.4 Å². The lowest BCUT2D eigenvalue weighted by Crippen LogP contribution is -2.41. The number of nitrogens with one attached hydrogen (secondary N) is 3. The maximum atomic E-state index is 11.6. The van der Waals surface area contributed by atoms with E-state index in [2.05, 4.69) is 20.6 Å². The lowest BCUT2D eigenvalue weighted by atomic mass is 10.2. The Kier molecular flexibility index (Phi) is 4.52. The molecule has 0 radical (unpaired) electrons. The smallest absolute Gasteiger partial charge is 0.222 e. The Hall–Kier alpha value is -1.40. The first-order chi connectivity index (χ1) is 8.34. The number of carbonyl (C=O) groups is 1. The molecule has 94 valence electrons. The molecule has 1 amide bonds. The Morgan fingerprint density at radius 3 is 3.29 bits per heavy atom. The van der Waals surface area contributed by atoms with E-state index in [0.717, 1.165) is 25.2 Å². The van der Waals surface area contributed by atoms with Gasteiger partial charge in [-0.25, -0.2) is 4.98 Å². The molecule has 3 N–H and O–H groups in total. The van der Waals surface area contributed by atoms with Crippen LogP contribution >= 0.6 is 0 Å². The van der Waals surface area contributed by atoms with Gasteiger partial charge >= 0.3 is 0 Å². The van der Waals surface area contributed by atoms with Crippen LogP contribution in [0.4, 0.5) is 0 Å². The van der Waals surface area contributed by atoms with Crippen LogP contribution in [0.1, 0.15) is 12.1 Å². The second-order valence-electron chi connectivity index (χ2n) is 4.08. The van der Waals surface area contributed by atoms with Gasteiger partial charge in [0.05, 0.1) is 25.5 Å². The molecule has 1 fully saturated rings. The Morgan fingerprint density at radius 1 is 1.65 bits per heavy atom. The Bertz CT molecular complexity index is 333.